The highest BCUT2D eigenvalue weighted by Crippen LogP contribution is 2.52. The maximum absolute atomic E-state index is 13.3. The molecule has 1 aromatic carbocycles. The van der Waals surface area contributed by atoms with E-state index in [2.05, 4.69) is 4.99 Å². The second-order valence-electron chi connectivity index (χ2n) is 7.57. The molecule has 1 fully saturated rings. The summed E-state index contributed by atoms with van der Waals surface area (Å²) in [7, 11) is 0. The number of aliphatic hydroxyl groups is 3. The van der Waals surface area contributed by atoms with Crippen molar-refractivity contribution in [2.24, 2.45) is 22.6 Å². The lowest BCUT2D eigenvalue weighted by atomic mass is 9.59. The molecule has 0 aliphatic heterocycles. The average Bonchev–Trinajstić information content (AvgIpc) is 2.66. The lowest BCUT2D eigenvalue weighted by Gasteiger charge is -2.46. The van der Waals surface area contributed by atoms with E-state index in [9.17, 15) is 39.6 Å². The number of hydrogen-bond acceptors (Lipinski definition) is 9. The summed E-state index contributed by atoms with van der Waals surface area (Å²) in [4.78, 5) is 51.4. The van der Waals surface area contributed by atoms with Crippen molar-refractivity contribution in [1.29, 1.82) is 0 Å². The number of amides is 1. The molecule has 1 amide bonds. The maximum Gasteiger partial charge on any atom is 0.255 e. The van der Waals surface area contributed by atoms with Crippen LogP contribution in [0.1, 0.15) is 24.0 Å². The van der Waals surface area contributed by atoms with E-state index in [1.54, 1.807) is 0 Å². The van der Waals surface area contributed by atoms with Crippen LogP contribution in [0.3, 0.4) is 0 Å². The molecule has 6 N–H and O–H groups in total. The van der Waals surface area contributed by atoms with Gasteiger partial charge in [-0.1, -0.05) is 0 Å². The molecule has 1 aromatic rings. The lowest BCUT2D eigenvalue weighted by molar-refractivity contribution is -0.147. The fourth-order valence-electron chi connectivity index (χ4n) is 4.76. The van der Waals surface area contributed by atoms with Crippen molar-refractivity contribution in [3.8, 4) is 5.75 Å². The summed E-state index contributed by atoms with van der Waals surface area (Å²) < 4.78 is 0. The Morgan fingerprint density at radius 2 is 1.90 bits per heavy atom. The molecule has 10 heteroatoms. The van der Waals surface area contributed by atoms with Crippen LogP contribution >= 0.6 is 0 Å². The molecule has 0 bridgehead atoms. The zero-order chi connectivity index (χ0) is 22.0. The smallest absolute Gasteiger partial charge is 0.255 e. The van der Waals surface area contributed by atoms with Crippen molar-refractivity contribution in [2.45, 2.75) is 24.9 Å². The number of aromatic hydroxyl groups is 1. The van der Waals surface area contributed by atoms with E-state index in [4.69, 9.17) is 5.73 Å². The minimum Gasteiger partial charge on any atom is -0.508 e. The molecule has 1 saturated carbocycles. The first-order chi connectivity index (χ1) is 14.1. The number of hydrogen-bond donors (Lipinski definition) is 5. The molecule has 3 atom stereocenters. The zero-order valence-electron chi connectivity index (χ0n) is 15.4. The first kappa shape index (κ1) is 19.6. The molecule has 0 saturated heterocycles. The number of phenols is 1. The van der Waals surface area contributed by atoms with Crippen molar-refractivity contribution in [3.05, 3.63) is 40.2 Å². The topological polar surface area (TPSA) is 188 Å². The lowest BCUT2D eigenvalue weighted by Crippen LogP contribution is -2.58. The standard InChI is InChI=1S/C20H16N2O8/c21-19(29)15-12(25)5-8-3-7-4-9-10(22-6-23)1-2-11(24)14(9)16(26)13(7)17(27)20(8,30)18(15)28/h1-2,7-8,24,26,28,30H,3-5H2,(H2,21,29)/t7-,8+,20+/m1/s1. The third-order valence-corrected chi connectivity index (χ3v) is 6.09. The van der Waals surface area contributed by atoms with Crippen LogP contribution in [-0.2, 0) is 25.6 Å². The Kier molecular flexibility index (Phi) is 4.16. The molecule has 3 aliphatic rings. The molecule has 4 rings (SSSR count). The van der Waals surface area contributed by atoms with Gasteiger partial charge in [-0.25, -0.2) is 4.79 Å². The Bertz CT molecular complexity index is 1160. The van der Waals surface area contributed by atoms with E-state index in [-0.39, 0.29) is 35.4 Å². The van der Waals surface area contributed by atoms with Crippen molar-refractivity contribution in [2.75, 3.05) is 0 Å². The minimum atomic E-state index is -2.61. The molecule has 0 unspecified atom stereocenters. The summed E-state index contributed by atoms with van der Waals surface area (Å²) >= 11 is 0. The largest absolute Gasteiger partial charge is 0.508 e. The quantitative estimate of drug-likeness (QED) is 0.262. The molecular weight excluding hydrogens is 396 g/mol. The zero-order valence-corrected chi connectivity index (χ0v) is 15.4. The number of phenolic OH excluding ortho intramolecular Hbond substituents is 1. The van der Waals surface area contributed by atoms with Gasteiger partial charge >= 0.3 is 0 Å². The van der Waals surface area contributed by atoms with Crippen molar-refractivity contribution < 1.29 is 39.6 Å². The molecule has 154 valence electrons. The van der Waals surface area contributed by atoms with E-state index >= 15 is 0 Å². The summed E-state index contributed by atoms with van der Waals surface area (Å²) in [5.74, 6) is -7.04. The van der Waals surface area contributed by atoms with Crippen molar-refractivity contribution in [3.63, 3.8) is 0 Å². The fraction of sp³-hybridized carbons (Fsp3) is 0.300. The van der Waals surface area contributed by atoms with E-state index in [1.807, 2.05) is 0 Å². The van der Waals surface area contributed by atoms with Crippen LogP contribution in [0.4, 0.5) is 5.69 Å². The third-order valence-electron chi connectivity index (χ3n) is 6.09. The molecular formula is C20H16N2O8. The Balaban J connectivity index is 1.96. The number of nitrogens with zero attached hydrogens (tertiary/aromatic N) is 1. The van der Waals surface area contributed by atoms with Gasteiger partial charge in [0, 0.05) is 17.9 Å². The van der Waals surface area contributed by atoms with Gasteiger partial charge in [-0.3, -0.25) is 14.4 Å². The van der Waals surface area contributed by atoms with E-state index in [0.717, 1.165) is 0 Å². The number of aliphatic imine (C=N–C) groups is 1. The first-order valence-electron chi connectivity index (χ1n) is 9.02. The number of primary amides is 1. The second-order valence-corrected chi connectivity index (χ2v) is 7.57. The number of carbonyl (C=O) groups is 3. The minimum absolute atomic E-state index is 0.00279. The highest BCUT2D eigenvalue weighted by Gasteiger charge is 2.60. The van der Waals surface area contributed by atoms with Gasteiger partial charge in [-0.05, 0) is 36.5 Å². The molecule has 3 aliphatic carbocycles. The van der Waals surface area contributed by atoms with E-state index < -0.39 is 58.4 Å². The van der Waals surface area contributed by atoms with Crippen LogP contribution in [0.5, 0.6) is 5.75 Å². The number of carbonyl (C=O) groups excluding carboxylic acids is 4. The van der Waals surface area contributed by atoms with Gasteiger partial charge in [0.05, 0.1) is 11.3 Å². The van der Waals surface area contributed by atoms with E-state index in [0.29, 0.717) is 5.56 Å². The highest BCUT2D eigenvalue weighted by atomic mass is 16.3. The number of aliphatic hydroxyl groups excluding tert-OH is 2. The van der Waals surface area contributed by atoms with Crippen molar-refractivity contribution >= 4 is 35.0 Å². The van der Waals surface area contributed by atoms with Gasteiger partial charge in [0.25, 0.3) is 5.91 Å². The Hall–Kier alpha value is -3.75. The van der Waals surface area contributed by atoms with Gasteiger partial charge < -0.3 is 26.2 Å². The van der Waals surface area contributed by atoms with Crippen molar-refractivity contribution in [1.82, 2.24) is 0 Å². The Morgan fingerprint density at radius 1 is 1.20 bits per heavy atom. The van der Waals surface area contributed by atoms with Gasteiger partial charge in [0.1, 0.15) is 22.8 Å². The molecule has 0 radical (unpaired) electrons. The molecule has 30 heavy (non-hydrogen) atoms. The number of benzene rings is 1. The number of ketones is 2. The predicted octanol–water partition coefficient (Wildman–Crippen LogP) is 0.391. The monoisotopic (exact) mass is 412 g/mol. The summed E-state index contributed by atoms with van der Waals surface area (Å²) in [6, 6.07) is 2.54. The Labute approximate surface area is 168 Å². The van der Waals surface area contributed by atoms with Crippen LogP contribution in [0.15, 0.2) is 34.0 Å². The van der Waals surface area contributed by atoms with Crippen LogP contribution in [-0.4, -0.2) is 49.6 Å². The van der Waals surface area contributed by atoms with Crippen LogP contribution in [0.25, 0.3) is 5.76 Å². The van der Waals surface area contributed by atoms with Crippen LogP contribution in [0, 0.1) is 11.8 Å². The highest BCUT2D eigenvalue weighted by molar-refractivity contribution is 6.22. The maximum atomic E-state index is 13.3. The number of nitrogens with two attached hydrogens (primary N) is 1. The molecule has 0 spiro atoms. The number of rotatable bonds is 2. The summed E-state index contributed by atoms with van der Waals surface area (Å²) in [6.07, 6.45) is 1.06. The predicted molar refractivity (Wildman–Crippen MR) is 99.2 cm³/mol. The van der Waals surface area contributed by atoms with Gasteiger partial charge in [-0.15, -0.1) is 0 Å². The van der Waals surface area contributed by atoms with Gasteiger partial charge in [0.2, 0.25) is 11.9 Å². The normalized spacial score (nSPS) is 27.8. The second kappa shape index (κ2) is 6.38. The summed E-state index contributed by atoms with van der Waals surface area (Å²) in [5.41, 5.74) is 1.75. The summed E-state index contributed by atoms with van der Waals surface area (Å²) in [5, 5.41) is 42.6. The number of isocyanates is 1. The average molecular weight is 412 g/mol. The molecule has 0 aromatic heterocycles. The van der Waals surface area contributed by atoms with E-state index in [1.165, 1.54) is 18.2 Å². The molecule has 0 heterocycles. The SMILES string of the molecule is NC(=O)C1=C(O)[C@@]2(O)C(=O)C3=C(O)c4c(O)ccc(N=C=O)c4C[C@H]3C[C@H]2CC1=O. The van der Waals surface area contributed by atoms with Crippen LogP contribution < -0.4 is 5.73 Å². The fourth-order valence-corrected chi connectivity index (χ4v) is 4.76. The Morgan fingerprint density at radius 3 is 2.53 bits per heavy atom. The number of fused-ring (bicyclic) bond motifs is 3. The summed E-state index contributed by atoms with van der Waals surface area (Å²) in [6.45, 7) is 0. The first-order valence-corrected chi connectivity index (χ1v) is 9.02. The van der Waals surface area contributed by atoms with Gasteiger partial charge in [-0.2, -0.15) is 4.99 Å². The van der Waals surface area contributed by atoms with Gasteiger partial charge in [0.15, 0.2) is 11.4 Å². The molecule has 10 nitrogen and oxygen atoms in total. The number of Topliss-reactive ketones (excluding diaryl/α,β-unsaturated/α-hetero) is 2. The third kappa shape index (κ3) is 2.38. The van der Waals surface area contributed by atoms with Crippen LogP contribution in [0.2, 0.25) is 0 Å².